The van der Waals surface area contributed by atoms with Crippen LogP contribution in [0.1, 0.15) is 37.8 Å². The summed E-state index contributed by atoms with van der Waals surface area (Å²) in [7, 11) is 3.97. The quantitative estimate of drug-likeness (QED) is 0.475. The van der Waals surface area contributed by atoms with E-state index in [2.05, 4.69) is 66.5 Å². The summed E-state index contributed by atoms with van der Waals surface area (Å²) in [6.07, 6.45) is 2.24. The molecule has 1 saturated heterocycles. The van der Waals surface area contributed by atoms with Gasteiger partial charge in [0.2, 0.25) is 0 Å². The number of aryl methyl sites for hydroxylation is 1. The molecule has 0 aromatic heterocycles. The molecule has 0 aliphatic carbocycles. The molecule has 2 unspecified atom stereocenters. The maximum atomic E-state index is 6.13. The van der Waals surface area contributed by atoms with Gasteiger partial charge in [0.1, 0.15) is 5.75 Å². The Morgan fingerprint density at radius 1 is 1.39 bits per heavy atom. The molecule has 158 valence electrons. The number of ether oxygens (including phenoxy) is 2. The van der Waals surface area contributed by atoms with E-state index in [1.54, 1.807) is 7.05 Å². The first-order chi connectivity index (χ1) is 13.5. The van der Waals surface area contributed by atoms with Gasteiger partial charge in [-0.1, -0.05) is 19.1 Å². The Bertz CT molecular complexity index is 615. The van der Waals surface area contributed by atoms with Crippen molar-refractivity contribution < 1.29 is 9.47 Å². The largest absolute Gasteiger partial charge is 0.493 e. The summed E-state index contributed by atoms with van der Waals surface area (Å²) >= 11 is 0. The zero-order chi connectivity index (χ0) is 20.4. The Kier molecular flexibility index (Phi) is 9.58. The lowest BCUT2D eigenvalue weighted by Crippen LogP contribution is -2.42. The molecule has 2 rings (SSSR count). The van der Waals surface area contributed by atoms with E-state index >= 15 is 0 Å². The van der Waals surface area contributed by atoms with Gasteiger partial charge in [-0.2, -0.15) is 0 Å². The summed E-state index contributed by atoms with van der Waals surface area (Å²) in [6, 6.07) is 6.96. The second-order valence-corrected chi connectivity index (χ2v) is 7.74. The highest BCUT2D eigenvalue weighted by Crippen LogP contribution is 2.22. The molecule has 0 bridgehead atoms. The number of aliphatic imine (C=N–C) groups is 1. The number of hydrogen-bond donors (Lipinski definition) is 2. The average molecular weight is 391 g/mol. The number of guanidine groups is 1. The van der Waals surface area contributed by atoms with E-state index < -0.39 is 0 Å². The van der Waals surface area contributed by atoms with Crippen LogP contribution in [0.3, 0.4) is 0 Å². The smallest absolute Gasteiger partial charge is 0.191 e. The van der Waals surface area contributed by atoms with E-state index in [9.17, 15) is 0 Å². The normalized spacial score (nSPS) is 18.4. The maximum absolute atomic E-state index is 6.13. The van der Waals surface area contributed by atoms with E-state index in [1.165, 1.54) is 5.56 Å². The lowest BCUT2D eigenvalue weighted by Gasteiger charge is -2.24. The number of benzene rings is 1. The summed E-state index contributed by atoms with van der Waals surface area (Å²) in [5, 5.41) is 6.80. The van der Waals surface area contributed by atoms with Gasteiger partial charge in [0.05, 0.1) is 13.2 Å². The van der Waals surface area contributed by atoms with Gasteiger partial charge in [-0.15, -0.1) is 0 Å². The third kappa shape index (κ3) is 7.32. The number of rotatable bonds is 10. The van der Waals surface area contributed by atoms with Gasteiger partial charge in [-0.3, -0.25) is 4.99 Å². The summed E-state index contributed by atoms with van der Waals surface area (Å²) in [6.45, 7) is 11.5. The van der Waals surface area contributed by atoms with Gasteiger partial charge < -0.3 is 25.0 Å². The van der Waals surface area contributed by atoms with Crippen molar-refractivity contribution in [2.24, 2.45) is 10.9 Å². The molecule has 28 heavy (non-hydrogen) atoms. The fraction of sp³-hybridized carbons (Fsp3) is 0.682. The van der Waals surface area contributed by atoms with Gasteiger partial charge in [0.25, 0.3) is 0 Å². The highest BCUT2D eigenvalue weighted by molar-refractivity contribution is 5.79. The second-order valence-electron chi connectivity index (χ2n) is 7.74. The van der Waals surface area contributed by atoms with Crippen molar-refractivity contribution >= 4 is 5.96 Å². The van der Waals surface area contributed by atoms with Crippen LogP contribution in [0.4, 0.5) is 0 Å². The van der Waals surface area contributed by atoms with Crippen molar-refractivity contribution in [2.45, 2.75) is 46.2 Å². The van der Waals surface area contributed by atoms with Gasteiger partial charge in [-0.05, 0) is 45.4 Å². The molecule has 0 radical (unpaired) electrons. The van der Waals surface area contributed by atoms with E-state index in [4.69, 9.17) is 9.47 Å². The van der Waals surface area contributed by atoms with Crippen molar-refractivity contribution in [1.82, 2.24) is 15.5 Å². The fourth-order valence-electron chi connectivity index (χ4n) is 3.15. The van der Waals surface area contributed by atoms with E-state index in [-0.39, 0.29) is 0 Å². The second kappa shape index (κ2) is 11.9. The molecule has 0 amide bonds. The fourth-order valence-corrected chi connectivity index (χ4v) is 3.15. The highest BCUT2D eigenvalue weighted by atomic mass is 16.5. The van der Waals surface area contributed by atoms with Crippen LogP contribution in [0.15, 0.2) is 23.2 Å². The van der Waals surface area contributed by atoms with E-state index in [0.29, 0.717) is 25.1 Å². The molecule has 1 fully saturated rings. The molecule has 0 saturated carbocycles. The van der Waals surface area contributed by atoms with Crippen LogP contribution in [0.5, 0.6) is 5.75 Å². The Balaban J connectivity index is 1.84. The van der Waals surface area contributed by atoms with Crippen molar-refractivity contribution in [3.63, 3.8) is 0 Å². The first-order valence-electron chi connectivity index (χ1n) is 10.5. The topological polar surface area (TPSA) is 58.1 Å². The van der Waals surface area contributed by atoms with Gasteiger partial charge in [0.15, 0.2) is 5.96 Å². The molecule has 1 aliphatic heterocycles. The lowest BCUT2D eigenvalue weighted by molar-refractivity contribution is 0.166. The van der Waals surface area contributed by atoms with Crippen molar-refractivity contribution in [2.75, 3.05) is 47.0 Å². The molecular formula is C22H38N4O2. The molecule has 1 aromatic carbocycles. The Morgan fingerprint density at radius 3 is 2.89 bits per heavy atom. The third-order valence-corrected chi connectivity index (χ3v) is 5.49. The van der Waals surface area contributed by atoms with Gasteiger partial charge >= 0.3 is 0 Å². The number of hydrogen-bond acceptors (Lipinski definition) is 4. The zero-order valence-corrected chi connectivity index (χ0v) is 18.3. The molecule has 0 spiro atoms. The van der Waals surface area contributed by atoms with Crippen LogP contribution in [0, 0.1) is 12.8 Å². The summed E-state index contributed by atoms with van der Waals surface area (Å²) in [5.41, 5.74) is 2.35. The average Bonchev–Trinajstić information content (AvgIpc) is 3.22. The van der Waals surface area contributed by atoms with Crippen molar-refractivity contribution in [3.05, 3.63) is 29.3 Å². The van der Waals surface area contributed by atoms with Crippen LogP contribution in [-0.4, -0.2) is 63.9 Å². The van der Waals surface area contributed by atoms with Crippen LogP contribution in [0.25, 0.3) is 0 Å². The third-order valence-electron chi connectivity index (χ3n) is 5.49. The molecule has 2 atom stereocenters. The molecule has 6 nitrogen and oxygen atoms in total. The van der Waals surface area contributed by atoms with E-state index in [1.807, 2.05) is 0 Å². The first kappa shape index (κ1) is 22.5. The first-order valence-corrected chi connectivity index (χ1v) is 10.5. The number of nitrogens with zero attached hydrogens (tertiary/aromatic N) is 2. The summed E-state index contributed by atoms with van der Waals surface area (Å²) in [4.78, 5) is 6.70. The van der Waals surface area contributed by atoms with Gasteiger partial charge in [0, 0.05) is 50.8 Å². The Hall–Kier alpha value is -1.79. The van der Waals surface area contributed by atoms with Crippen LogP contribution in [-0.2, 0) is 11.3 Å². The summed E-state index contributed by atoms with van der Waals surface area (Å²) in [5.74, 6) is 2.26. The minimum absolute atomic E-state index is 0.498. The van der Waals surface area contributed by atoms with E-state index in [0.717, 1.165) is 56.4 Å². The Labute approximate surface area is 170 Å². The SMILES string of the molecule is CCC(C)N(C)CCNC(=NC)NCc1ccc(C)cc1OCC1CCOC1. The number of likely N-dealkylation sites (N-methyl/N-ethyl adjacent to an activating group) is 1. The monoisotopic (exact) mass is 390 g/mol. The predicted molar refractivity (Wildman–Crippen MR) is 116 cm³/mol. The van der Waals surface area contributed by atoms with Crippen molar-refractivity contribution in [1.29, 1.82) is 0 Å². The highest BCUT2D eigenvalue weighted by Gasteiger charge is 2.17. The minimum atomic E-state index is 0.498. The van der Waals surface area contributed by atoms with Gasteiger partial charge in [-0.25, -0.2) is 0 Å². The van der Waals surface area contributed by atoms with Crippen LogP contribution >= 0.6 is 0 Å². The zero-order valence-electron chi connectivity index (χ0n) is 18.3. The molecule has 2 N–H and O–H groups in total. The predicted octanol–water partition coefficient (Wildman–Crippen LogP) is 2.81. The summed E-state index contributed by atoms with van der Waals surface area (Å²) < 4.78 is 11.6. The Morgan fingerprint density at radius 2 is 2.21 bits per heavy atom. The molecular weight excluding hydrogens is 352 g/mol. The molecule has 1 aromatic rings. The van der Waals surface area contributed by atoms with Crippen molar-refractivity contribution in [3.8, 4) is 5.75 Å². The maximum Gasteiger partial charge on any atom is 0.191 e. The molecule has 1 heterocycles. The lowest BCUT2D eigenvalue weighted by atomic mass is 10.1. The molecule has 1 aliphatic rings. The molecule has 6 heteroatoms. The minimum Gasteiger partial charge on any atom is -0.493 e. The van der Waals surface area contributed by atoms with Crippen LogP contribution < -0.4 is 15.4 Å². The van der Waals surface area contributed by atoms with Crippen LogP contribution in [0.2, 0.25) is 0 Å². The number of nitrogens with one attached hydrogen (secondary N) is 2. The standard InChI is InChI=1S/C22H38N4O2/c1-6-18(3)26(5)11-10-24-22(23-4)25-14-20-8-7-17(2)13-21(20)28-16-19-9-12-27-15-19/h7-8,13,18-19H,6,9-12,14-16H2,1-5H3,(H2,23,24,25).